The Bertz CT molecular complexity index is 561. The van der Waals surface area contributed by atoms with Crippen molar-refractivity contribution in [2.45, 2.75) is 31.2 Å². The van der Waals surface area contributed by atoms with Crippen molar-refractivity contribution in [3.63, 3.8) is 0 Å². The third-order valence-corrected chi connectivity index (χ3v) is 3.12. The largest absolute Gasteiger partial charge is 0.490 e. The number of aliphatic carboxylic acids is 1. The molecule has 0 aliphatic carbocycles. The molecule has 3 N–H and O–H groups in total. The van der Waals surface area contributed by atoms with Crippen LogP contribution in [0.4, 0.5) is 32.0 Å². The van der Waals surface area contributed by atoms with Gasteiger partial charge in [0.1, 0.15) is 0 Å². The Morgan fingerprint density at radius 3 is 2.29 bits per heavy atom. The molecule has 1 atom stereocenters. The maximum absolute atomic E-state index is 12.5. The Labute approximate surface area is 133 Å². The molecule has 2 heterocycles. The first-order valence-electron chi connectivity index (χ1n) is 6.74. The van der Waals surface area contributed by atoms with E-state index < -0.39 is 23.9 Å². The van der Waals surface area contributed by atoms with E-state index >= 15 is 0 Å². The summed E-state index contributed by atoms with van der Waals surface area (Å²) < 4.78 is 69.3. The summed E-state index contributed by atoms with van der Waals surface area (Å²) >= 11 is 0. The lowest BCUT2D eigenvalue weighted by atomic mass is 10.1. The van der Waals surface area contributed by atoms with Crippen molar-refractivity contribution in [1.29, 1.82) is 0 Å². The molecule has 2 rings (SSSR count). The summed E-state index contributed by atoms with van der Waals surface area (Å²) in [6.07, 6.45) is -5.32. The van der Waals surface area contributed by atoms with E-state index in [1.165, 1.54) is 6.20 Å². The number of anilines is 1. The van der Waals surface area contributed by atoms with E-state index in [-0.39, 0.29) is 6.04 Å². The van der Waals surface area contributed by atoms with E-state index in [0.717, 1.165) is 31.6 Å². The van der Waals surface area contributed by atoms with Crippen LogP contribution in [0, 0.1) is 0 Å². The Kier molecular flexibility index (Phi) is 6.41. The molecule has 0 saturated carbocycles. The average molecular weight is 359 g/mol. The number of aromatic nitrogens is 1. The smallest absolute Gasteiger partial charge is 0.475 e. The zero-order valence-corrected chi connectivity index (χ0v) is 12.2. The minimum Gasteiger partial charge on any atom is -0.475 e. The van der Waals surface area contributed by atoms with Crippen molar-refractivity contribution < 1.29 is 36.2 Å². The van der Waals surface area contributed by atoms with E-state index in [9.17, 15) is 26.3 Å². The summed E-state index contributed by atoms with van der Waals surface area (Å²) in [5.41, 5.74) is 5.58. The van der Waals surface area contributed by atoms with Crippen LogP contribution in [0.1, 0.15) is 18.4 Å². The van der Waals surface area contributed by atoms with Crippen LogP contribution >= 0.6 is 0 Å². The molecule has 0 bridgehead atoms. The van der Waals surface area contributed by atoms with Crippen molar-refractivity contribution in [2.24, 2.45) is 5.73 Å². The van der Waals surface area contributed by atoms with Crippen molar-refractivity contribution in [3.05, 3.63) is 24.0 Å². The lowest BCUT2D eigenvalue weighted by molar-refractivity contribution is -0.192. The normalized spacial score (nSPS) is 18.6. The van der Waals surface area contributed by atoms with Crippen molar-refractivity contribution in [1.82, 2.24) is 4.98 Å². The summed E-state index contributed by atoms with van der Waals surface area (Å²) in [4.78, 5) is 14.4. The van der Waals surface area contributed by atoms with Gasteiger partial charge in [0.25, 0.3) is 0 Å². The van der Waals surface area contributed by atoms with E-state index in [2.05, 4.69) is 4.98 Å². The Morgan fingerprint density at radius 2 is 1.83 bits per heavy atom. The summed E-state index contributed by atoms with van der Waals surface area (Å²) in [6.45, 7) is 1.32. The van der Waals surface area contributed by atoms with E-state index in [1.807, 2.05) is 4.90 Å². The molecule has 1 aliphatic heterocycles. The van der Waals surface area contributed by atoms with Crippen molar-refractivity contribution in [2.75, 3.05) is 18.0 Å². The highest BCUT2D eigenvalue weighted by Gasteiger charge is 2.38. The molecule has 0 spiro atoms. The first-order chi connectivity index (χ1) is 10.9. The monoisotopic (exact) mass is 359 g/mol. The molecule has 1 aliphatic rings. The number of carboxylic acid groups (broad SMARTS) is 1. The molecule has 24 heavy (non-hydrogen) atoms. The van der Waals surface area contributed by atoms with Gasteiger partial charge in [0.05, 0.1) is 17.4 Å². The fraction of sp³-hybridized carbons (Fsp3) is 0.538. The molecule has 1 aromatic rings. The van der Waals surface area contributed by atoms with Gasteiger partial charge in [0.2, 0.25) is 0 Å². The molecule has 0 aromatic carbocycles. The highest BCUT2D eigenvalue weighted by atomic mass is 19.4. The third kappa shape index (κ3) is 6.22. The van der Waals surface area contributed by atoms with E-state index in [4.69, 9.17) is 15.6 Å². The highest BCUT2D eigenvalue weighted by molar-refractivity contribution is 5.73. The number of piperidine rings is 1. The van der Waals surface area contributed by atoms with E-state index in [1.54, 1.807) is 0 Å². The number of rotatable bonds is 1. The second-order valence-corrected chi connectivity index (χ2v) is 5.08. The van der Waals surface area contributed by atoms with Crippen LogP contribution in [-0.2, 0) is 11.0 Å². The first kappa shape index (κ1) is 20.0. The van der Waals surface area contributed by atoms with Crippen LogP contribution in [-0.4, -0.2) is 41.4 Å². The topological polar surface area (TPSA) is 79.5 Å². The fourth-order valence-electron chi connectivity index (χ4n) is 2.00. The number of carbonyl (C=O) groups is 1. The summed E-state index contributed by atoms with van der Waals surface area (Å²) in [7, 11) is 0. The van der Waals surface area contributed by atoms with Crippen LogP contribution in [0.5, 0.6) is 0 Å². The minimum absolute atomic E-state index is 0.0262. The maximum Gasteiger partial charge on any atom is 0.490 e. The molecule has 0 amide bonds. The van der Waals surface area contributed by atoms with Gasteiger partial charge in [0, 0.05) is 25.3 Å². The lowest BCUT2D eigenvalue weighted by Crippen LogP contribution is -2.42. The molecule has 5 nitrogen and oxygen atoms in total. The molecule has 136 valence electrons. The number of pyridine rings is 1. The fourth-order valence-corrected chi connectivity index (χ4v) is 2.00. The Morgan fingerprint density at radius 1 is 1.25 bits per heavy atom. The van der Waals surface area contributed by atoms with Gasteiger partial charge >= 0.3 is 18.3 Å². The Balaban J connectivity index is 0.000000351. The van der Waals surface area contributed by atoms with Gasteiger partial charge in [-0.3, -0.25) is 4.98 Å². The van der Waals surface area contributed by atoms with Gasteiger partial charge in [-0.05, 0) is 18.9 Å². The zero-order chi connectivity index (χ0) is 18.5. The summed E-state index contributed by atoms with van der Waals surface area (Å²) in [5.74, 6) is -2.76. The number of hydrogen-bond acceptors (Lipinski definition) is 4. The second kappa shape index (κ2) is 7.69. The predicted molar refractivity (Wildman–Crippen MR) is 72.4 cm³/mol. The summed E-state index contributed by atoms with van der Waals surface area (Å²) in [6, 6.07) is 1.16. The van der Waals surface area contributed by atoms with Gasteiger partial charge in [-0.15, -0.1) is 0 Å². The predicted octanol–water partition coefficient (Wildman–Crippen LogP) is 2.66. The Hall–Kier alpha value is -2.04. The number of nitrogens with zero attached hydrogens (tertiary/aromatic N) is 2. The van der Waals surface area contributed by atoms with Crippen LogP contribution in [0.2, 0.25) is 0 Å². The molecular weight excluding hydrogens is 344 g/mol. The van der Waals surface area contributed by atoms with Crippen LogP contribution in [0.15, 0.2) is 18.5 Å². The molecule has 11 heteroatoms. The SMILES string of the molecule is NC1CCCN(c2cncc(C(F)(F)F)c2)C1.O=C(O)C(F)(F)F. The maximum atomic E-state index is 12.5. The average Bonchev–Trinajstić information content (AvgIpc) is 2.46. The van der Waals surface area contributed by atoms with Crippen molar-refractivity contribution in [3.8, 4) is 0 Å². The minimum atomic E-state index is -5.08. The molecule has 0 radical (unpaired) electrons. The van der Waals surface area contributed by atoms with Gasteiger partial charge in [-0.25, -0.2) is 4.79 Å². The van der Waals surface area contributed by atoms with Crippen LogP contribution in [0.3, 0.4) is 0 Å². The second-order valence-electron chi connectivity index (χ2n) is 5.08. The van der Waals surface area contributed by atoms with Gasteiger partial charge in [0.15, 0.2) is 0 Å². The number of nitrogens with two attached hydrogens (primary N) is 1. The number of hydrogen-bond donors (Lipinski definition) is 2. The third-order valence-electron chi connectivity index (χ3n) is 3.12. The first-order valence-corrected chi connectivity index (χ1v) is 6.74. The van der Waals surface area contributed by atoms with Crippen LogP contribution in [0.25, 0.3) is 0 Å². The van der Waals surface area contributed by atoms with Gasteiger partial charge < -0.3 is 15.7 Å². The molecule has 1 unspecified atom stereocenters. The number of halogens is 6. The van der Waals surface area contributed by atoms with E-state index in [0.29, 0.717) is 12.2 Å². The highest BCUT2D eigenvalue weighted by Crippen LogP contribution is 2.31. The molecule has 1 saturated heterocycles. The number of alkyl halides is 6. The van der Waals surface area contributed by atoms with Crippen molar-refractivity contribution >= 4 is 11.7 Å². The number of carboxylic acids is 1. The standard InChI is InChI=1S/C11H14F3N3.C2HF3O2/c12-11(13,14)8-4-10(6-16-5-8)17-3-1-2-9(15)7-17;3-2(4,5)1(6)7/h4-6,9H,1-3,7,15H2;(H,6,7). The molecule has 1 fully saturated rings. The van der Waals surface area contributed by atoms with Gasteiger partial charge in [-0.2, -0.15) is 26.3 Å². The summed E-state index contributed by atoms with van der Waals surface area (Å²) in [5, 5.41) is 7.12. The lowest BCUT2D eigenvalue weighted by Gasteiger charge is -2.32. The quantitative estimate of drug-likeness (QED) is 0.754. The molecular formula is C13H15F6N3O2. The van der Waals surface area contributed by atoms with Gasteiger partial charge in [-0.1, -0.05) is 0 Å². The van der Waals surface area contributed by atoms with Crippen LogP contribution < -0.4 is 10.6 Å². The zero-order valence-electron chi connectivity index (χ0n) is 12.2. The molecule has 1 aromatic heterocycles.